The van der Waals surface area contributed by atoms with E-state index in [-0.39, 0.29) is 29.8 Å². The van der Waals surface area contributed by atoms with Crippen LogP contribution in [0.3, 0.4) is 0 Å². The van der Waals surface area contributed by atoms with Crippen LogP contribution in [0.2, 0.25) is 0 Å². The number of carbonyl (C=O) groups is 1. The smallest absolute Gasteiger partial charge is 0.406 e. The van der Waals surface area contributed by atoms with Crippen molar-refractivity contribution >= 4 is 11.7 Å². The van der Waals surface area contributed by atoms with Crippen molar-refractivity contribution in [2.45, 2.75) is 25.9 Å². The van der Waals surface area contributed by atoms with Gasteiger partial charge in [-0.2, -0.15) is 10.2 Å². The summed E-state index contributed by atoms with van der Waals surface area (Å²) in [7, 11) is 0. The number of aromatic nitrogens is 3. The quantitative estimate of drug-likeness (QED) is 0.585. The Morgan fingerprint density at radius 2 is 2.06 bits per heavy atom. The second-order valence-electron chi connectivity index (χ2n) is 7.69. The fourth-order valence-corrected chi connectivity index (χ4v) is 3.61. The Morgan fingerprint density at radius 3 is 2.79 bits per heavy atom. The highest BCUT2D eigenvalue weighted by Crippen LogP contribution is 2.26. The zero-order valence-corrected chi connectivity index (χ0v) is 18.2. The Balaban J connectivity index is 1.45. The van der Waals surface area contributed by atoms with Crippen LogP contribution in [0.4, 0.5) is 19.0 Å². The molecule has 1 unspecified atom stereocenters. The van der Waals surface area contributed by atoms with Crippen molar-refractivity contribution in [1.82, 2.24) is 20.5 Å². The molecule has 1 aliphatic heterocycles. The SMILES string of the molecule is CC1COCCN1c1ncccc1CNC(=O)c1cnnc(-c2ccc(OC(F)(F)F)cc2)c1. The number of carbonyl (C=O) groups excluding carboxylic acids is 1. The van der Waals surface area contributed by atoms with Crippen LogP contribution in [0.15, 0.2) is 54.9 Å². The summed E-state index contributed by atoms with van der Waals surface area (Å²) in [5, 5.41) is 10.7. The number of nitrogens with zero attached hydrogens (tertiary/aromatic N) is 4. The van der Waals surface area contributed by atoms with Gasteiger partial charge in [-0.05, 0) is 43.3 Å². The third kappa shape index (κ3) is 5.79. The molecule has 0 saturated carbocycles. The zero-order chi connectivity index (χ0) is 24.1. The molecule has 1 saturated heterocycles. The molecule has 2 aromatic heterocycles. The number of halogens is 3. The average molecular weight is 473 g/mol. The van der Waals surface area contributed by atoms with E-state index in [9.17, 15) is 18.0 Å². The topological polar surface area (TPSA) is 89.5 Å². The summed E-state index contributed by atoms with van der Waals surface area (Å²) in [5.41, 5.74) is 1.97. The van der Waals surface area contributed by atoms with E-state index in [0.717, 1.165) is 11.4 Å². The minimum absolute atomic E-state index is 0.165. The number of nitrogens with one attached hydrogen (secondary N) is 1. The van der Waals surface area contributed by atoms with Crippen molar-refractivity contribution in [2.75, 3.05) is 24.7 Å². The molecular formula is C23H22F3N5O3. The van der Waals surface area contributed by atoms with Gasteiger partial charge in [0, 0.05) is 30.4 Å². The van der Waals surface area contributed by atoms with Crippen LogP contribution >= 0.6 is 0 Å². The maximum atomic E-state index is 12.8. The van der Waals surface area contributed by atoms with E-state index < -0.39 is 6.36 Å². The van der Waals surface area contributed by atoms with Gasteiger partial charge in [-0.1, -0.05) is 6.07 Å². The Bertz CT molecular complexity index is 1140. The Kier molecular flexibility index (Phi) is 6.92. The van der Waals surface area contributed by atoms with Crippen molar-refractivity contribution in [2.24, 2.45) is 0 Å². The Morgan fingerprint density at radius 1 is 1.26 bits per heavy atom. The lowest BCUT2D eigenvalue weighted by molar-refractivity contribution is -0.274. The van der Waals surface area contributed by atoms with Crippen molar-refractivity contribution in [3.8, 4) is 17.0 Å². The Labute approximate surface area is 193 Å². The number of morpholine rings is 1. The van der Waals surface area contributed by atoms with Gasteiger partial charge in [0.1, 0.15) is 11.6 Å². The molecule has 1 fully saturated rings. The average Bonchev–Trinajstić information content (AvgIpc) is 2.83. The largest absolute Gasteiger partial charge is 0.573 e. The summed E-state index contributed by atoms with van der Waals surface area (Å²) < 4.78 is 46.4. The highest BCUT2D eigenvalue weighted by atomic mass is 19.4. The fraction of sp³-hybridized carbons (Fsp3) is 0.304. The van der Waals surface area contributed by atoms with Gasteiger partial charge in [0.05, 0.1) is 36.7 Å². The summed E-state index contributed by atoms with van der Waals surface area (Å²) in [4.78, 5) is 19.4. The molecule has 0 spiro atoms. The van der Waals surface area contributed by atoms with Crippen LogP contribution in [0.5, 0.6) is 5.75 Å². The minimum atomic E-state index is -4.77. The molecule has 0 bridgehead atoms. The van der Waals surface area contributed by atoms with Crippen LogP contribution in [0.25, 0.3) is 11.3 Å². The first-order valence-electron chi connectivity index (χ1n) is 10.6. The van der Waals surface area contributed by atoms with Gasteiger partial charge in [0.2, 0.25) is 0 Å². The van der Waals surface area contributed by atoms with Crippen molar-refractivity contribution in [1.29, 1.82) is 0 Å². The van der Waals surface area contributed by atoms with Gasteiger partial charge in [0.25, 0.3) is 5.91 Å². The third-order valence-corrected chi connectivity index (χ3v) is 5.25. The van der Waals surface area contributed by atoms with Crippen LogP contribution in [0.1, 0.15) is 22.8 Å². The fourth-order valence-electron chi connectivity index (χ4n) is 3.61. The molecule has 178 valence electrons. The van der Waals surface area contributed by atoms with Crippen molar-refractivity contribution in [3.05, 3.63) is 66.0 Å². The number of amides is 1. The number of ether oxygens (including phenoxy) is 2. The van der Waals surface area contributed by atoms with E-state index >= 15 is 0 Å². The third-order valence-electron chi connectivity index (χ3n) is 5.25. The number of anilines is 1. The molecule has 1 amide bonds. The molecule has 1 aromatic carbocycles. The standard InChI is InChI=1S/C23H22F3N5O3/c1-15-14-33-10-9-31(15)21-17(3-2-8-27-21)12-28-22(32)18-11-20(30-29-13-18)16-4-6-19(7-5-16)34-23(24,25)26/h2-8,11,13,15H,9-10,12,14H2,1H3,(H,28,32). The van der Waals surface area contributed by atoms with Crippen LogP contribution in [0, 0.1) is 0 Å². The van der Waals surface area contributed by atoms with Crippen LogP contribution < -0.4 is 15.0 Å². The molecule has 34 heavy (non-hydrogen) atoms. The second-order valence-corrected chi connectivity index (χ2v) is 7.69. The van der Waals surface area contributed by atoms with Gasteiger partial charge >= 0.3 is 6.36 Å². The first kappa shape index (κ1) is 23.4. The van der Waals surface area contributed by atoms with Crippen LogP contribution in [-0.4, -0.2) is 53.3 Å². The molecule has 1 atom stereocenters. The molecule has 0 radical (unpaired) electrons. The maximum absolute atomic E-state index is 12.8. The lowest BCUT2D eigenvalue weighted by Gasteiger charge is -2.35. The van der Waals surface area contributed by atoms with Gasteiger partial charge in [-0.25, -0.2) is 4.98 Å². The summed E-state index contributed by atoms with van der Waals surface area (Å²) in [6.07, 6.45) is -1.73. The van der Waals surface area contributed by atoms with Gasteiger partial charge in [-0.3, -0.25) is 4.79 Å². The van der Waals surface area contributed by atoms with E-state index in [0.29, 0.717) is 31.0 Å². The maximum Gasteiger partial charge on any atom is 0.573 e. The van der Waals surface area contributed by atoms with E-state index in [1.54, 1.807) is 6.20 Å². The lowest BCUT2D eigenvalue weighted by atomic mass is 10.1. The molecule has 0 aliphatic carbocycles. The van der Waals surface area contributed by atoms with E-state index in [1.807, 2.05) is 12.1 Å². The van der Waals surface area contributed by atoms with Gasteiger partial charge in [0.15, 0.2) is 0 Å². The van der Waals surface area contributed by atoms with Gasteiger partial charge < -0.3 is 19.7 Å². The number of rotatable bonds is 6. The number of benzene rings is 1. The predicted molar refractivity (Wildman–Crippen MR) is 117 cm³/mol. The first-order chi connectivity index (χ1) is 16.3. The molecule has 11 heteroatoms. The molecule has 4 rings (SSSR count). The number of hydrogen-bond donors (Lipinski definition) is 1. The number of alkyl halides is 3. The van der Waals surface area contributed by atoms with Crippen molar-refractivity contribution < 1.29 is 27.4 Å². The highest BCUT2D eigenvalue weighted by molar-refractivity contribution is 5.94. The number of hydrogen-bond acceptors (Lipinski definition) is 7. The summed E-state index contributed by atoms with van der Waals surface area (Å²) in [5.74, 6) is 0.0891. The second kappa shape index (κ2) is 10.0. The summed E-state index contributed by atoms with van der Waals surface area (Å²) in [6, 6.07) is 10.6. The minimum Gasteiger partial charge on any atom is -0.406 e. The first-order valence-corrected chi connectivity index (χ1v) is 10.6. The molecule has 8 nitrogen and oxygen atoms in total. The monoisotopic (exact) mass is 473 g/mol. The van der Waals surface area contributed by atoms with E-state index in [1.165, 1.54) is 36.5 Å². The lowest BCUT2D eigenvalue weighted by Crippen LogP contribution is -2.44. The normalized spacial score (nSPS) is 16.2. The summed E-state index contributed by atoms with van der Waals surface area (Å²) >= 11 is 0. The van der Waals surface area contributed by atoms with E-state index in [2.05, 4.69) is 37.1 Å². The molecular weight excluding hydrogens is 451 g/mol. The van der Waals surface area contributed by atoms with Gasteiger partial charge in [-0.15, -0.1) is 13.2 Å². The molecule has 1 aliphatic rings. The van der Waals surface area contributed by atoms with Crippen LogP contribution in [-0.2, 0) is 11.3 Å². The molecule has 3 heterocycles. The molecule has 1 N–H and O–H groups in total. The molecule has 3 aromatic rings. The van der Waals surface area contributed by atoms with Crippen molar-refractivity contribution in [3.63, 3.8) is 0 Å². The summed E-state index contributed by atoms with van der Waals surface area (Å²) in [6.45, 7) is 4.25. The highest BCUT2D eigenvalue weighted by Gasteiger charge is 2.31. The predicted octanol–water partition coefficient (Wildman–Crippen LogP) is 3.59. The number of pyridine rings is 1. The zero-order valence-electron chi connectivity index (χ0n) is 18.2. The Hall–Kier alpha value is -3.73. The van der Waals surface area contributed by atoms with E-state index in [4.69, 9.17) is 4.74 Å².